The maximum atomic E-state index is 12.4. The summed E-state index contributed by atoms with van der Waals surface area (Å²) in [5, 5.41) is 2.58. The van der Waals surface area contributed by atoms with Gasteiger partial charge in [-0.25, -0.2) is 4.79 Å². The van der Waals surface area contributed by atoms with Crippen LogP contribution in [0.2, 0.25) is 0 Å². The van der Waals surface area contributed by atoms with Crippen molar-refractivity contribution in [3.05, 3.63) is 23.0 Å². The molecule has 1 saturated carbocycles. The summed E-state index contributed by atoms with van der Waals surface area (Å²) in [5.41, 5.74) is 2.08. The van der Waals surface area contributed by atoms with Crippen molar-refractivity contribution in [2.75, 3.05) is 13.2 Å². The Morgan fingerprint density at radius 3 is 2.48 bits per heavy atom. The van der Waals surface area contributed by atoms with E-state index in [1.807, 2.05) is 19.9 Å². The third kappa shape index (κ3) is 6.41. The number of alkyl carbamates (subject to hydrolysis) is 1. The quantitative estimate of drug-likeness (QED) is 0.425. The summed E-state index contributed by atoms with van der Waals surface area (Å²) in [6.07, 6.45) is 2.33. The van der Waals surface area contributed by atoms with Gasteiger partial charge in [0.25, 0.3) is 0 Å². The van der Waals surface area contributed by atoms with E-state index in [9.17, 15) is 14.4 Å². The number of amides is 1. The molecule has 7 nitrogen and oxygen atoms in total. The summed E-state index contributed by atoms with van der Waals surface area (Å²) < 4.78 is 12.4. The van der Waals surface area contributed by atoms with Crippen LogP contribution in [0.25, 0.3) is 0 Å². The first-order valence-electron chi connectivity index (χ1n) is 9.42. The maximum Gasteiger partial charge on any atom is 0.407 e. The fraction of sp³-hybridized carbons (Fsp3) is 0.650. The number of esters is 1. The van der Waals surface area contributed by atoms with Gasteiger partial charge >= 0.3 is 12.1 Å². The van der Waals surface area contributed by atoms with Crippen LogP contribution in [0.15, 0.2) is 6.07 Å². The average molecular weight is 378 g/mol. The van der Waals surface area contributed by atoms with Gasteiger partial charge < -0.3 is 19.4 Å². The van der Waals surface area contributed by atoms with Gasteiger partial charge in [0.1, 0.15) is 5.60 Å². The molecule has 1 aliphatic carbocycles. The van der Waals surface area contributed by atoms with Crippen LogP contribution in [-0.4, -0.2) is 41.2 Å². The number of nitrogens with zero attached hydrogens (tertiary/aromatic N) is 1. The van der Waals surface area contributed by atoms with Crippen LogP contribution in [0.1, 0.15) is 74.2 Å². The topological polar surface area (TPSA) is 86.6 Å². The summed E-state index contributed by atoms with van der Waals surface area (Å²) in [6.45, 7) is 9.32. The third-order valence-electron chi connectivity index (χ3n) is 4.29. The fourth-order valence-corrected chi connectivity index (χ4v) is 2.99. The van der Waals surface area contributed by atoms with E-state index < -0.39 is 17.7 Å². The molecule has 27 heavy (non-hydrogen) atoms. The van der Waals surface area contributed by atoms with Crippen molar-refractivity contribution < 1.29 is 23.9 Å². The van der Waals surface area contributed by atoms with E-state index in [-0.39, 0.29) is 18.8 Å². The molecule has 0 atom stereocenters. The van der Waals surface area contributed by atoms with Gasteiger partial charge in [0.15, 0.2) is 6.61 Å². The molecule has 1 N–H and O–H groups in total. The minimum Gasteiger partial charge on any atom is -0.457 e. The zero-order chi connectivity index (χ0) is 20.2. The van der Waals surface area contributed by atoms with E-state index in [1.54, 1.807) is 20.8 Å². The number of nitrogens with one attached hydrogen (secondary N) is 1. The second kappa shape index (κ2) is 8.59. The lowest BCUT2D eigenvalue weighted by Gasteiger charge is -2.19. The van der Waals surface area contributed by atoms with E-state index >= 15 is 0 Å². The Labute approximate surface area is 160 Å². The number of ether oxygens (including phenoxy) is 2. The lowest BCUT2D eigenvalue weighted by Crippen LogP contribution is -2.33. The lowest BCUT2D eigenvalue weighted by atomic mass is 10.1. The number of carbonyl (C=O) groups is 3. The highest BCUT2D eigenvalue weighted by Crippen LogP contribution is 2.38. The highest BCUT2D eigenvalue weighted by Gasteiger charge is 2.28. The monoisotopic (exact) mass is 378 g/mol. The predicted octanol–water partition coefficient (Wildman–Crippen LogP) is 3.47. The number of Topliss-reactive ketones (excluding diaryl/α,β-unsaturated/α-hetero) is 1. The molecule has 1 amide bonds. The smallest absolute Gasteiger partial charge is 0.407 e. The van der Waals surface area contributed by atoms with E-state index in [4.69, 9.17) is 9.47 Å². The maximum absolute atomic E-state index is 12.4. The van der Waals surface area contributed by atoms with E-state index in [2.05, 4.69) is 9.88 Å². The Hall–Kier alpha value is -2.31. The molecule has 0 radical (unpaired) electrons. The summed E-state index contributed by atoms with van der Waals surface area (Å²) in [5.74, 6) is -0.638. The molecule has 0 bridgehead atoms. The van der Waals surface area contributed by atoms with Crippen LogP contribution in [0.3, 0.4) is 0 Å². The number of rotatable bonds is 8. The van der Waals surface area contributed by atoms with Gasteiger partial charge in [-0.15, -0.1) is 0 Å². The first-order valence-corrected chi connectivity index (χ1v) is 9.42. The van der Waals surface area contributed by atoms with Crippen LogP contribution in [0.5, 0.6) is 0 Å². The van der Waals surface area contributed by atoms with Crippen molar-refractivity contribution in [1.29, 1.82) is 0 Å². The molecule has 1 aliphatic rings. The van der Waals surface area contributed by atoms with Crippen molar-refractivity contribution in [1.82, 2.24) is 9.88 Å². The molecule has 1 heterocycles. The highest BCUT2D eigenvalue weighted by molar-refractivity contribution is 5.99. The van der Waals surface area contributed by atoms with Crippen LogP contribution in [-0.2, 0) is 14.3 Å². The molecule has 1 aromatic heterocycles. The van der Waals surface area contributed by atoms with Gasteiger partial charge in [-0.3, -0.25) is 9.59 Å². The number of aryl methyl sites for hydroxylation is 1. The van der Waals surface area contributed by atoms with Crippen LogP contribution < -0.4 is 5.32 Å². The zero-order valence-electron chi connectivity index (χ0n) is 16.9. The van der Waals surface area contributed by atoms with Crippen molar-refractivity contribution in [3.63, 3.8) is 0 Å². The predicted molar refractivity (Wildman–Crippen MR) is 101 cm³/mol. The second-order valence-corrected chi connectivity index (χ2v) is 8.00. The number of hydrogen-bond acceptors (Lipinski definition) is 5. The summed E-state index contributed by atoms with van der Waals surface area (Å²) in [4.78, 5) is 35.7. The highest BCUT2D eigenvalue weighted by atomic mass is 16.6. The van der Waals surface area contributed by atoms with E-state index in [0.717, 1.165) is 24.2 Å². The standard InChI is InChI=1S/C20H30N2O5/c1-13-11-16(14(2)22(13)15-8-9-15)17(23)12-26-18(24)7-6-10-21-19(25)27-20(3,4)5/h11,15H,6-10,12H2,1-5H3,(H,21,25). The molecule has 0 aromatic carbocycles. The van der Waals surface area contributed by atoms with Crippen molar-refractivity contribution >= 4 is 17.8 Å². The summed E-state index contributed by atoms with van der Waals surface area (Å²) in [7, 11) is 0. The number of hydrogen-bond donors (Lipinski definition) is 1. The number of aromatic nitrogens is 1. The average Bonchev–Trinajstić information content (AvgIpc) is 3.33. The Bertz CT molecular complexity index is 711. The number of carbonyl (C=O) groups excluding carboxylic acids is 3. The van der Waals surface area contributed by atoms with E-state index in [1.165, 1.54) is 0 Å². The molecule has 1 fully saturated rings. The molecule has 7 heteroatoms. The molecular formula is C20H30N2O5. The first kappa shape index (κ1) is 21.0. The van der Waals surface area contributed by atoms with Gasteiger partial charge in [0.05, 0.1) is 0 Å². The van der Waals surface area contributed by atoms with E-state index in [0.29, 0.717) is 24.6 Å². The third-order valence-corrected chi connectivity index (χ3v) is 4.29. The van der Waals surface area contributed by atoms with Gasteiger partial charge in [0, 0.05) is 36.0 Å². The van der Waals surface area contributed by atoms with Crippen molar-refractivity contribution in [2.24, 2.45) is 0 Å². The molecule has 150 valence electrons. The molecule has 2 rings (SSSR count). The molecule has 0 aliphatic heterocycles. The Kier molecular flexibility index (Phi) is 6.68. The molecule has 0 unspecified atom stereocenters. The molecular weight excluding hydrogens is 348 g/mol. The lowest BCUT2D eigenvalue weighted by molar-refractivity contribution is -0.142. The minimum atomic E-state index is -0.557. The second-order valence-electron chi connectivity index (χ2n) is 8.00. The van der Waals surface area contributed by atoms with Gasteiger partial charge in [0.2, 0.25) is 5.78 Å². The Morgan fingerprint density at radius 1 is 1.22 bits per heavy atom. The largest absolute Gasteiger partial charge is 0.457 e. The Balaban J connectivity index is 1.69. The molecule has 0 spiro atoms. The van der Waals surface area contributed by atoms with Crippen LogP contribution >= 0.6 is 0 Å². The minimum absolute atomic E-state index is 0.129. The first-order chi connectivity index (χ1) is 12.6. The van der Waals surface area contributed by atoms with Crippen molar-refractivity contribution in [3.8, 4) is 0 Å². The van der Waals surface area contributed by atoms with Gasteiger partial charge in [-0.2, -0.15) is 0 Å². The SMILES string of the molecule is Cc1cc(C(=O)COC(=O)CCCNC(=O)OC(C)(C)C)c(C)n1C1CC1. The number of ketones is 1. The van der Waals surface area contributed by atoms with Crippen molar-refractivity contribution in [2.45, 2.75) is 71.9 Å². The molecule has 0 saturated heterocycles. The van der Waals surface area contributed by atoms with Crippen LogP contribution in [0.4, 0.5) is 4.79 Å². The summed E-state index contributed by atoms with van der Waals surface area (Å²) in [6, 6.07) is 2.38. The molecule has 1 aromatic rings. The zero-order valence-corrected chi connectivity index (χ0v) is 16.9. The fourth-order valence-electron chi connectivity index (χ4n) is 2.99. The Morgan fingerprint density at radius 2 is 1.89 bits per heavy atom. The van der Waals surface area contributed by atoms with Gasteiger partial charge in [-0.05, 0) is 59.9 Å². The summed E-state index contributed by atoms with van der Waals surface area (Å²) >= 11 is 0. The normalized spacial score (nSPS) is 14.0. The van der Waals surface area contributed by atoms with Gasteiger partial charge in [-0.1, -0.05) is 0 Å². The van der Waals surface area contributed by atoms with Crippen LogP contribution in [0, 0.1) is 13.8 Å².